The van der Waals surface area contributed by atoms with E-state index in [2.05, 4.69) is 5.32 Å². The molecule has 1 atom stereocenters. The average molecular weight is 314 g/mol. The lowest BCUT2D eigenvalue weighted by Gasteiger charge is -2.33. The normalized spacial score (nSPS) is 19.6. The third-order valence-electron chi connectivity index (χ3n) is 4.07. The van der Waals surface area contributed by atoms with E-state index >= 15 is 0 Å². The van der Waals surface area contributed by atoms with E-state index in [9.17, 15) is 12.8 Å². The van der Waals surface area contributed by atoms with Crippen LogP contribution in [0.15, 0.2) is 24.3 Å². The Labute approximate surface area is 126 Å². The quantitative estimate of drug-likeness (QED) is 0.907. The Morgan fingerprint density at radius 2 is 1.86 bits per heavy atom. The van der Waals surface area contributed by atoms with Gasteiger partial charge in [0.25, 0.3) is 0 Å². The molecular formula is C15H23FN2O2S. The molecule has 1 heterocycles. The second-order valence-electron chi connectivity index (χ2n) is 5.51. The van der Waals surface area contributed by atoms with Gasteiger partial charge in [-0.1, -0.05) is 12.1 Å². The van der Waals surface area contributed by atoms with E-state index in [0.29, 0.717) is 19.1 Å². The fourth-order valence-corrected chi connectivity index (χ4v) is 3.82. The van der Waals surface area contributed by atoms with Crippen molar-refractivity contribution in [2.75, 3.05) is 18.8 Å². The van der Waals surface area contributed by atoms with Gasteiger partial charge in [0.15, 0.2) is 0 Å². The topological polar surface area (TPSA) is 49.4 Å². The Bertz CT molecular complexity index is 552. The van der Waals surface area contributed by atoms with Crippen LogP contribution in [0.5, 0.6) is 0 Å². The monoisotopic (exact) mass is 314 g/mol. The van der Waals surface area contributed by atoms with Crippen LogP contribution in [0.1, 0.15) is 38.3 Å². The van der Waals surface area contributed by atoms with Gasteiger partial charge in [0.05, 0.1) is 5.75 Å². The lowest BCUT2D eigenvalue weighted by atomic mass is 10.0. The lowest BCUT2D eigenvalue weighted by molar-refractivity contribution is 0.277. The minimum Gasteiger partial charge on any atom is -0.307 e. The van der Waals surface area contributed by atoms with Gasteiger partial charge in [-0.15, -0.1) is 0 Å². The summed E-state index contributed by atoms with van der Waals surface area (Å²) in [5, 5.41) is 3.50. The van der Waals surface area contributed by atoms with Crippen molar-refractivity contribution in [3.63, 3.8) is 0 Å². The maximum absolute atomic E-state index is 12.9. The Morgan fingerprint density at radius 3 is 2.38 bits per heavy atom. The zero-order valence-electron chi connectivity index (χ0n) is 12.5. The summed E-state index contributed by atoms with van der Waals surface area (Å²) in [7, 11) is -3.07. The number of sulfonamides is 1. The van der Waals surface area contributed by atoms with Crippen LogP contribution < -0.4 is 5.32 Å². The first kappa shape index (κ1) is 16.4. The summed E-state index contributed by atoms with van der Waals surface area (Å²) in [5.41, 5.74) is 1.04. The molecule has 4 nitrogen and oxygen atoms in total. The molecule has 1 aliphatic heterocycles. The minimum absolute atomic E-state index is 0.130. The lowest BCUT2D eigenvalue weighted by Crippen LogP contribution is -2.45. The summed E-state index contributed by atoms with van der Waals surface area (Å²) >= 11 is 0. The smallest absolute Gasteiger partial charge is 0.213 e. The number of piperidine rings is 1. The molecule has 0 saturated carbocycles. The van der Waals surface area contributed by atoms with Crippen molar-refractivity contribution >= 4 is 10.0 Å². The highest BCUT2D eigenvalue weighted by molar-refractivity contribution is 7.89. The van der Waals surface area contributed by atoms with Gasteiger partial charge in [-0.2, -0.15) is 0 Å². The first-order chi connectivity index (χ1) is 9.92. The zero-order valence-corrected chi connectivity index (χ0v) is 13.4. The number of rotatable bonds is 5. The van der Waals surface area contributed by atoms with Crippen molar-refractivity contribution in [3.8, 4) is 0 Å². The zero-order chi connectivity index (χ0) is 15.5. The largest absolute Gasteiger partial charge is 0.307 e. The third kappa shape index (κ3) is 4.25. The van der Waals surface area contributed by atoms with Gasteiger partial charge in [-0.3, -0.25) is 0 Å². The van der Waals surface area contributed by atoms with Crippen molar-refractivity contribution in [3.05, 3.63) is 35.6 Å². The molecule has 1 unspecified atom stereocenters. The Balaban J connectivity index is 1.87. The number of hydrogen-bond acceptors (Lipinski definition) is 3. The first-order valence-corrected chi connectivity index (χ1v) is 9.02. The van der Waals surface area contributed by atoms with Gasteiger partial charge >= 0.3 is 0 Å². The van der Waals surface area contributed by atoms with Gasteiger partial charge < -0.3 is 5.32 Å². The van der Waals surface area contributed by atoms with Gasteiger partial charge in [-0.25, -0.2) is 17.1 Å². The predicted octanol–water partition coefficient (Wildman–Crippen LogP) is 2.29. The number of benzene rings is 1. The molecular weight excluding hydrogens is 291 g/mol. The van der Waals surface area contributed by atoms with E-state index in [1.807, 2.05) is 6.92 Å². The standard InChI is InChI=1S/C15H23FN2O2S/c1-3-21(19,20)18-10-8-15(9-11-18)17-12(2)13-4-6-14(16)7-5-13/h4-7,12,15,17H,3,8-11H2,1-2H3. The molecule has 0 bridgehead atoms. The van der Waals surface area contributed by atoms with Crippen molar-refractivity contribution in [2.45, 2.75) is 38.8 Å². The molecule has 2 rings (SSSR count). The van der Waals surface area contributed by atoms with Crippen LogP contribution in [0.4, 0.5) is 4.39 Å². The Kier molecular flexibility index (Phi) is 5.35. The van der Waals surface area contributed by atoms with Gasteiger partial charge in [0.1, 0.15) is 5.82 Å². The predicted molar refractivity (Wildman–Crippen MR) is 82.0 cm³/mol. The Hall–Kier alpha value is -0.980. The molecule has 1 fully saturated rings. The molecule has 0 spiro atoms. The van der Waals surface area contributed by atoms with Crippen LogP contribution >= 0.6 is 0 Å². The van der Waals surface area contributed by atoms with Crippen LogP contribution in [0.2, 0.25) is 0 Å². The highest BCUT2D eigenvalue weighted by Crippen LogP contribution is 2.19. The summed E-state index contributed by atoms with van der Waals surface area (Å²) < 4.78 is 38.1. The molecule has 1 N–H and O–H groups in total. The summed E-state index contributed by atoms with van der Waals surface area (Å²) in [6.45, 7) is 4.87. The van der Waals surface area contributed by atoms with Crippen LogP contribution in [-0.4, -0.2) is 37.6 Å². The maximum atomic E-state index is 12.9. The minimum atomic E-state index is -3.07. The van der Waals surface area contributed by atoms with E-state index in [1.54, 1.807) is 23.4 Å². The van der Waals surface area contributed by atoms with Gasteiger partial charge in [-0.05, 0) is 44.4 Å². The van der Waals surface area contributed by atoms with Crippen LogP contribution in [0.3, 0.4) is 0 Å². The SMILES string of the molecule is CCS(=O)(=O)N1CCC(NC(C)c2ccc(F)cc2)CC1. The van der Waals surface area contributed by atoms with E-state index < -0.39 is 10.0 Å². The van der Waals surface area contributed by atoms with E-state index in [-0.39, 0.29) is 17.6 Å². The van der Waals surface area contributed by atoms with Crippen molar-refractivity contribution in [1.29, 1.82) is 0 Å². The molecule has 1 aromatic carbocycles. The summed E-state index contributed by atoms with van der Waals surface area (Å²) in [6.07, 6.45) is 1.62. The molecule has 21 heavy (non-hydrogen) atoms. The molecule has 0 amide bonds. The third-order valence-corrected chi connectivity index (χ3v) is 5.95. The van der Waals surface area contributed by atoms with Gasteiger partial charge in [0, 0.05) is 25.2 Å². The number of halogens is 1. The molecule has 0 radical (unpaired) electrons. The fraction of sp³-hybridized carbons (Fsp3) is 0.600. The highest BCUT2D eigenvalue weighted by atomic mass is 32.2. The molecule has 6 heteroatoms. The molecule has 118 valence electrons. The highest BCUT2D eigenvalue weighted by Gasteiger charge is 2.27. The summed E-state index contributed by atoms with van der Waals surface area (Å²) in [6, 6.07) is 6.92. The summed E-state index contributed by atoms with van der Waals surface area (Å²) in [4.78, 5) is 0. The fourth-order valence-electron chi connectivity index (χ4n) is 2.68. The van der Waals surface area contributed by atoms with E-state index in [0.717, 1.165) is 18.4 Å². The number of nitrogens with zero attached hydrogens (tertiary/aromatic N) is 1. The second-order valence-corrected chi connectivity index (χ2v) is 7.77. The second kappa shape index (κ2) is 6.85. The average Bonchev–Trinajstić information content (AvgIpc) is 2.48. The van der Waals surface area contributed by atoms with E-state index in [4.69, 9.17) is 0 Å². The Morgan fingerprint density at radius 1 is 1.29 bits per heavy atom. The van der Waals surface area contributed by atoms with Crippen LogP contribution in [0, 0.1) is 5.82 Å². The maximum Gasteiger partial charge on any atom is 0.213 e. The van der Waals surface area contributed by atoms with Crippen molar-refractivity contribution < 1.29 is 12.8 Å². The van der Waals surface area contributed by atoms with Crippen LogP contribution in [-0.2, 0) is 10.0 Å². The van der Waals surface area contributed by atoms with Crippen molar-refractivity contribution in [2.24, 2.45) is 0 Å². The summed E-state index contributed by atoms with van der Waals surface area (Å²) in [5.74, 6) is -0.0686. The molecule has 0 aromatic heterocycles. The number of hydrogen-bond donors (Lipinski definition) is 1. The molecule has 0 aliphatic carbocycles. The van der Waals surface area contributed by atoms with Gasteiger partial charge in [0.2, 0.25) is 10.0 Å². The number of nitrogens with one attached hydrogen (secondary N) is 1. The van der Waals surface area contributed by atoms with Crippen LogP contribution in [0.25, 0.3) is 0 Å². The molecule has 1 saturated heterocycles. The van der Waals surface area contributed by atoms with Crippen molar-refractivity contribution in [1.82, 2.24) is 9.62 Å². The molecule has 1 aliphatic rings. The van der Waals surface area contributed by atoms with E-state index in [1.165, 1.54) is 12.1 Å². The molecule has 1 aromatic rings. The first-order valence-electron chi connectivity index (χ1n) is 7.41.